The van der Waals surface area contributed by atoms with Crippen LogP contribution in [0.3, 0.4) is 0 Å². The number of halogens is 1. The Labute approximate surface area is 151 Å². The Hall–Kier alpha value is -2.83. The van der Waals surface area contributed by atoms with Crippen molar-refractivity contribution in [3.63, 3.8) is 0 Å². The predicted molar refractivity (Wildman–Crippen MR) is 94.0 cm³/mol. The third-order valence-corrected chi connectivity index (χ3v) is 4.40. The van der Waals surface area contributed by atoms with Gasteiger partial charge >= 0.3 is 12.0 Å². The summed E-state index contributed by atoms with van der Waals surface area (Å²) in [5.41, 5.74) is 1.81. The van der Waals surface area contributed by atoms with E-state index in [2.05, 4.69) is 9.88 Å². The number of esters is 1. The molecular formula is C19H22FN3O3. The van der Waals surface area contributed by atoms with Gasteiger partial charge < -0.3 is 19.5 Å². The van der Waals surface area contributed by atoms with Gasteiger partial charge in [-0.05, 0) is 36.8 Å². The van der Waals surface area contributed by atoms with Gasteiger partial charge in [0, 0.05) is 31.5 Å². The second kappa shape index (κ2) is 8.03. The Kier molecular flexibility index (Phi) is 5.55. The van der Waals surface area contributed by atoms with Crippen LogP contribution in [0.2, 0.25) is 0 Å². The van der Waals surface area contributed by atoms with Crippen molar-refractivity contribution in [3.8, 4) is 0 Å². The van der Waals surface area contributed by atoms with Crippen LogP contribution < -0.4 is 5.32 Å². The van der Waals surface area contributed by atoms with Gasteiger partial charge in [0.25, 0.3) is 0 Å². The van der Waals surface area contributed by atoms with Crippen LogP contribution in [0, 0.1) is 5.82 Å². The monoisotopic (exact) mass is 359 g/mol. The van der Waals surface area contributed by atoms with Gasteiger partial charge in [0.05, 0.1) is 19.1 Å². The second-order valence-corrected chi connectivity index (χ2v) is 6.06. The fraction of sp³-hybridized carbons (Fsp3) is 0.368. The van der Waals surface area contributed by atoms with Gasteiger partial charge in [-0.25, -0.2) is 9.18 Å². The molecule has 1 atom stereocenters. The average Bonchev–Trinajstić information content (AvgIpc) is 3.10. The zero-order valence-corrected chi connectivity index (χ0v) is 14.7. The quantitative estimate of drug-likeness (QED) is 0.835. The molecule has 1 aliphatic rings. The van der Waals surface area contributed by atoms with Crippen molar-refractivity contribution in [2.24, 2.45) is 0 Å². The van der Waals surface area contributed by atoms with E-state index in [9.17, 15) is 14.0 Å². The Bertz CT molecular complexity index is 773. The van der Waals surface area contributed by atoms with Gasteiger partial charge in [-0.1, -0.05) is 12.1 Å². The van der Waals surface area contributed by atoms with Crippen LogP contribution in [0.15, 0.2) is 42.6 Å². The van der Waals surface area contributed by atoms with Crippen molar-refractivity contribution in [2.75, 3.05) is 19.7 Å². The third kappa shape index (κ3) is 3.87. The molecule has 0 unspecified atom stereocenters. The number of hydrogen-bond donors (Lipinski definition) is 1. The summed E-state index contributed by atoms with van der Waals surface area (Å²) in [5.74, 6) is -0.652. The minimum Gasteiger partial charge on any atom is -0.466 e. The summed E-state index contributed by atoms with van der Waals surface area (Å²) in [6, 6.07) is 9.53. The molecule has 0 fully saturated rings. The molecular weight excluding hydrogens is 337 g/mol. The number of benzene rings is 1. The van der Waals surface area contributed by atoms with Gasteiger partial charge in [0.2, 0.25) is 0 Å². The maximum Gasteiger partial charge on any atom is 0.318 e. The number of carbonyl (C=O) groups excluding carboxylic acids is 2. The Morgan fingerprint density at radius 3 is 2.73 bits per heavy atom. The number of nitrogens with zero attached hydrogens (tertiary/aromatic N) is 2. The van der Waals surface area contributed by atoms with Gasteiger partial charge in [0.15, 0.2) is 0 Å². The molecule has 0 saturated carbocycles. The highest BCUT2D eigenvalue weighted by Crippen LogP contribution is 2.32. The Morgan fingerprint density at radius 2 is 2.00 bits per heavy atom. The van der Waals surface area contributed by atoms with E-state index < -0.39 is 0 Å². The van der Waals surface area contributed by atoms with Gasteiger partial charge in [-0.3, -0.25) is 4.79 Å². The number of ether oxygens (including phenoxy) is 1. The van der Waals surface area contributed by atoms with Crippen LogP contribution in [-0.4, -0.2) is 41.2 Å². The fourth-order valence-corrected chi connectivity index (χ4v) is 3.20. The summed E-state index contributed by atoms with van der Waals surface area (Å²) in [7, 11) is 0. The van der Waals surface area contributed by atoms with E-state index >= 15 is 0 Å². The van der Waals surface area contributed by atoms with Crippen LogP contribution >= 0.6 is 0 Å². The summed E-state index contributed by atoms with van der Waals surface area (Å²) < 4.78 is 20.3. The molecule has 0 saturated heterocycles. The highest BCUT2D eigenvalue weighted by Gasteiger charge is 2.32. The molecule has 0 aliphatic carbocycles. The van der Waals surface area contributed by atoms with E-state index in [-0.39, 0.29) is 36.8 Å². The maximum atomic E-state index is 13.3. The number of nitrogens with one attached hydrogen (secondary N) is 1. The van der Waals surface area contributed by atoms with E-state index in [1.54, 1.807) is 24.0 Å². The predicted octanol–water partition coefficient (Wildman–Crippen LogP) is 2.70. The first-order valence-electron chi connectivity index (χ1n) is 8.70. The highest BCUT2D eigenvalue weighted by molar-refractivity contribution is 5.76. The first-order chi connectivity index (χ1) is 12.6. The molecule has 2 heterocycles. The molecule has 2 aromatic rings. The van der Waals surface area contributed by atoms with E-state index in [1.807, 2.05) is 18.3 Å². The molecule has 1 N–H and O–H groups in total. The zero-order chi connectivity index (χ0) is 18.5. The summed E-state index contributed by atoms with van der Waals surface area (Å²) >= 11 is 0. The van der Waals surface area contributed by atoms with Gasteiger partial charge in [-0.15, -0.1) is 0 Å². The summed E-state index contributed by atoms with van der Waals surface area (Å²) in [6.07, 6.45) is 2.10. The van der Waals surface area contributed by atoms with Crippen molar-refractivity contribution >= 4 is 12.0 Å². The average molecular weight is 359 g/mol. The van der Waals surface area contributed by atoms with Crippen molar-refractivity contribution in [1.29, 1.82) is 0 Å². The minimum atomic E-state index is -0.338. The standard InChI is InChI=1S/C19H22FN3O3/c1-2-26-17(24)9-10-21-19(25)23-13-12-22-11-3-4-16(22)18(23)14-5-7-15(20)8-6-14/h3-8,11,18H,2,9-10,12-13H2,1H3,(H,21,25)/t18-/m0/s1. The number of fused-ring (bicyclic) bond motifs is 1. The van der Waals surface area contributed by atoms with Crippen LogP contribution in [-0.2, 0) is 16.1 Å². The molecule has 1 aliphatic heterocycles. The highest BCUT2D eigenvalue weighted by atomic mass is 19.1. The molecule has 0 spiro atoms. The molecule has 1 aromatic heterocycles. The number of rotatable bonds is 5. The number of amides is 2. The smallest absolute Gasteiger partial charge is 0.318 e. The molecule has 6 nitrogen and oxygen atoms in total. The fourth-order valence-electron chi connectivity index (χ4n) is 3.20. The molecule has 3 rings (SSSR count). The van der Waals surface area contributed by atoms with E-state index in [1.165, 1.54) is 12.1 Å². The normalized spacial score (nSPS) is 16.1. The van der Waals surface area contributed by atoms with Crippen molar-refractivity contribution < 1.29 is 18.7 Å². The largest absolute Gasteiger partial charge is 0.466 e. The van der Waals surface area contributed by atoms with Crippen molar-refractivity contribution in [2.45, 2.75) is 25.9 Å². The maximum absolute atomic E-state index is 13.3. The SMILES string of the molecule is CCOC(=O)CCNC(=O)N1CCn2cccc2[C@@H]1c1ccc(F)cc1. The van der Waals surface area contributed by atoms with E-state index in [0.717, 1.165) is 11.3 Å². The van der Waals surface area contributed by atoms with Crippen LogP contribution in [0.5, 0.6) is 0 Å². The molecule has 26 heavy (non-hydrogen) atoms. The molecule has 0 radical (unpaired) electrons. The van der Waals surface area contributed by atoms with E-state index in [0.29, 0.717) is 19.7 Å². The van der Waals surface area contributed by atoms with Crippen molar-refractivity contribution in [1.82, 2.24) is 14.8 Å². The topological polar surface area (TPSA) is 63.6 Å². The van der Waals surface area contributed by atoms with Gasteiger partial charge in [0.1, 0.15) is 5.82 Å². The zero-order valence-electron chi connectivity index (χ0n) is 14.7. The van der Waals surface area contributed by atoms with Crippen LogP contribution in [0.4, 0.5) is 9.18 Å². The lowest BCUT2D eigenvalue weighted by molar-refractivity contribution is -0.142. The molecule has 2 amide bonds. The molecule has 138 valence electrons. The van der Waals surface area contributed by atoms with Crippen LogP contribution in [0.25, 0.3) is 0 Å². The first kappa shape index (κ1) is 18.0. The van der Waals surface area contributed by atoms with Crippen molar-refractivity contribution in [3.05, 3.63) is 59.7 Å². The van der Waals surface area contributed by atoms with Crippen LogP contribution in [0.1, 0.15) is 30.6 Å². The molecule has 7 heteroatoms. The number of hydrogen-bond acceptors (Lipinski definition) is 3. The lowest BCUT2D eigenvalue weighted by Gasteiger charge is -2.37. The first-order valence-corrected chi connectivity index (χ1v) is 8.70. The summed E-state index contributed by atoms with van der Waals surface area (Å²) in [5, 5.41) is 2.78. The lowest BCUT2D eigenvalue weighted by Crippen LogP contribution is -2.47. The minimum absolute atomic E-state index is 0.130. The number of urea groups is 1. The second-order valence-electron chi connectivity index (χ2n) is 6.06. The Balaban J connectivity index is 1.75. The number of carbonyl (C=O) groups is 2. The molecule has 1 aromatic carbocycles. The Morgan fingerprint density at radius 1 is 1.23 bits per heavy atom. The lowest BCUT2D eigenvalue weighted by atomic mass is 10.0. The molecule has 0 bridgehead atoms. The van der Waals surface area contributed by atoms with Gasteiger partial charge in [-0.2, -0.15) is 0 Å². The number of aromatic nitrogens is 1. The summed E-state index contributed by atoms with van der Waals surface area (Å²) in [6.45, 7) is 3.49. The van der Waals surface area contributed by atoms with E-state index in [4.69, 9.17) is 4.74 Å². The summed E-state index contributed by atoms with van der Waals surface area (Å²) in [4.78, 5) is 25.8. The third-order valence-electron chi connectivity index (χ3n) is 4.40.